The molecule has 22 heavy (non-hydrogen) atoms. The van der Waals surface area contributed by atoms with Gasteiger partial charge in [-0.05, 0) is 30.6 Å². The van der Waals surface area contributed by atoms with Crippen molar-refractivity contribution in [2.24, 2.45) is 0 Å². The number of carbonyl (C=O) groups is 1. The van der Waals surface area contributed by atoms with Gasteiger partial charge in [-0.2, -0.15) is 0 Å². The van der Waals surface area contributed by atoms with E-state index in [1.54, 1.807) is 0 Å². The minimum Gasteiger partial charge on any atom is -0.532 e. The Morgan fingerprint density at radius 1 is 1.27 bits per heavy atom. The van der Waals surface area contributed by atoms with Crippen molar-refractivity contribution in [2.75, 3.05) is 0 Å². The molecule has 2 aromatic rings. The van der Waals surface area contributed by atoms with Crippen LogP contribution in [0, 0.1) is 0 Å². The number of carboxylic acids is 1. The highest BCUT2D eigenvalue weighted by Gasteiger charge is 2.39. The highest BCUT2D eigenvalue weighted by molar-refractivity contribution is 6.74. The van der Waals surface area contributed by atoms with E-state index in [4.69, 9.17) is 9.53 Å². The third-order valence-electron chi connectivity index (χ3n) is 4.53. The van der Waals surface area contributed by atoms with Gasteiger partial charge in [0, 0.05) is 22.9 Å². The standard InChI is InChI=1S/C17H25NO3Si/c1-17(2,3)22(4,5)21-16-13(10-11-15(19)20)12-8-6-7-9-14(12)18-16/h6-9,18H,10-11H2,1-5H3,(H,19,20). The number of aromatic amines is 1. The van der Waals surface area contributed by atoms with E-state index in [1.165, 1.54) is 0 Å². The fraction of sp³-hybridized carbons (Fsp3) is 0.471. The van der Waals surface area contributed by atoms with Crippen molar-refractivity contribution in [3.8, 4) is 5.88 Å². The van der Waals surface area contributed by atoms with E-state index in [2.05, 4.69) is 38.8 Å². The lowest BCUT2D eigenvalue weighted by atomic mass is 10.1. The molecule has 0 saturated heterocycles. The van der Waals surface area contributed by atoms with E-state index in [0.29, 0.717) is 6.42 Å². The van der Waals surface area contributed by atoms with Gasteiger partial charge in [-0.25, -0.2) is 0 Å². The van der Waals surface area contributed by atoms with Crippen LogP contribution in [0.5, 0.6) is 5.88 Å². The Balaban J connectivity index is 2.44. The van der Waals surface area contributed by atoms with E-state index < -0.39 is 14.3 Å². The van der Waals surface area contributed by atoms with Crippen LogP contribution in [-0.4, -0.2) is 24.4 Å². The monoisotopic (exact) mass is 319 g/mol. The van der Waals surface area contributed by atoms with Crippen LogP contribution in [0.25, 0.3) is 10.9 Å². The maximum Gasteiger partial charge on any atom is 0.303 e. The fourth-order valence-corrected chi connectivity index (χ4v) is 3.14. The number of hydrogen-bond donors (Lipinski definition) is 2. The Morgan fingerprint density at radius 3 is 2.50 bits per heavy atom. The third kappa shape index (κ3) is 3.35. The molecule has 1 aromatic carbocycles. The minimum absolute atomic E-state index is 0.0916. The van der Waals surface area contributed by atoms with Gasteiger partial charge in [0.1, 0.15) is 0 Å². The molecule has 0 radical (unpaired) electrons. The first-order chi connectivity index (χ1) is 10.1. The Hall–Kier alpha value is -1.75. The van der Waals surface area contributed by atoms with Crippen LogP contribution < -0.4 is 4.43 Å². The summed E-state index contributed by atoms with van der Waals surface area (Å²) in [5, 5.41) is 10.1. The number of H-pyrrole nitrogens is 1. The zero-order valence-corrected chi connectivity index (χ0v) is 15.0. The van der Waals surface area contributed by atoms with Gasteiger partial charge >= 0.3 is 5.97 Å². The summed E-state index contributed by atoms with van der Waals surface area (Å²) in [5.74, 6) is -0.0439. The van der Waals surface area contributed by atoms with Gasteiger partial charge in [-0.15, -0.1) is 0 Å². The Morgan fingerprint density at radius 2 is 1.91 bits per heavy atom. The first-order valence-corrected chi connectivity index (χ1v) is 10.5. The van der Waals surface area contributed by atoms with Crippen LogP contribution in [0.1, 0.15) is 32.8 Å². The summed E-state index contributed by atoms with van der Waals surface area (Å²) in [6.45, 7) is 11.0. The molecule has 2 N–H and O–H groups in total. The molecule has 0 unspecified atom stereocenters. The Kier molecular flexibility index (Phi) is 4.38. The smallest absolute Gasteiger partial charge is 0.303 e. The van der Waals surface area contributed by atoms with Crippen molar-refractivity contribution in [3.63, 3.8) is 0 Å². The first kappa shape index (κ1) is 16.6. The van der Waals surface area contributed by atoms with Crippen molar-refractivity contribution in [1.82, 2.24) is 4.98 Å². The molecule has 0 fully saturated rings. The number of aryl methyl sites for hydroxylation is 1. The van der Waals surface area contributed by atoms with Crippen LogP contribution in [0.3, 0.4) is 0 Å². The molecule has 2 rings (SSSR count). The van der Waals surface area contributed by atoms with Gasteiger partial charge in [0.2, 0.25) is 0 Å². The summed E-state index contributed by atoms with van der Waals surface area (Å²) >= 11 is 0. The number of aliphatic carboxylic acids is 1. The molecule has 0 bridgehead atoms. The van der Waals surface area contributed by atoms with Gasteiger partial charge in [0.15, 0.2) is 5.88 Å². The van der Waals surface area contributed by atoms with Crippen molar-refractivity contribution in [2.45, 2.75) is 51.7 Å². The van der Waals surface area contributed by atoms with Crippen LogP contribution in [0.2, 0.25) is 18.1 Å². The number of carboxylic acid groups (broad SMARTS) is 1. The molecular weight excluding hydrogens is 294 g/mol. The maximum atomic E-state index is 10.9. The number of rotatable bonds is 5. The number of aromatic nitrogens is 1. The molecule has 1 aromatic heterocycles. The molecule has 0 aliphatic carbocycles. The lowest BCUT2D eigenvalue weighted by Crippen LogP contribution is -2.44. The number of benzene rings is 1. The highest BCUT2D eigenvalue weighted by atomic mass is 28.4. The second-order valence-corrected chi connectivity index (χ2v) is 12.0. The topological polar surface area (TPSA) is 62.3 Å². The number of hydrogen-bond acceptors (Lipinski definition) is 2. The third-order valence-corrected chi connectivity index (χ3v) is 8.85. The minimum atomic E-state index is -1.97. The van der Waals surface area contributed by atoms with Crippen molar-refractivity contribution < 1.29 is 14.3 Å². The van der Waals surface area contributed by atoms with Crippen LogP contribution >= 0.6 is 0 Å². The first-order valence-electron chi connectivity index (χ1n) is 7.62. The van der Waals surface area contributed by atoms with Crippen molar-refractivity contribution in [3.05, 3.63) is 29.8 Å². The number of nitrogens with one attached hydrogen (secondary N) is 1. The summed E-state index contributed by atoms with van der Waals surface area (Å²) in [7, 11) is -1.97. The molecule has 0 aliphatic heterocycles. The molecular formula is C17H25NO3Si. The van der Waals surface area contributed by atoms with Crippen LogP contribution in [-0.2, 0) is 11.2 Å². The molecule has 0 atom stereocenters. The summed E-state index contributed by atoms with van der Waals surface area (Å²) in [6, 6.07) is 7.95. The predicted octanol–water partition coefficient (Wildman–Crippen LogP) is 4.57. The van der Waals surface area contributed by atoms with E-state index in [-0.39, 0.29) is 11.5 Å². The molecule has 1 heterocycles. The van der Waals surface area contributed by atoms with E-state index in [0.717, 1.165) is 22.3 Å². The van der Waals surface area contributed by atoms with E-state index in [1.807, 2.05) is 24.3 Å². The zero-order valence-electron chi connectivity index (χ0n) is 14.0. The number of para-hydroxylation sites is 1. The lowest BCUT2D eigenvalue weighted by Gasteiger charge is -2.36. The molecule has 0 aliphatic rings. The van der Waals surface area contributed by atoms with Gasteiger partial charge < -0.3 is 14.5 Å². The average Bonchev–Trinajstić information content (AvgIpc) is 2.71. The van der Waals surface area contributed by atoms with Crippen molar-refractivity contribution in [1.29, 1.82) is 0 Å². The molecule has 0 spiro atoms. The van der Waals surface area contributed by atoms with Gasteiger partial charge in [-0.3, -0.25) is 4.79 Å². The number of fused-ring (bicyclic) bond motifs is 1. The van der Waals surface area contributed by atoms with Crippen LogP contribution in [0.4, 0.5) is 0 Å². The van der Waals surface area contributed by atoms with Gasteiger partial charge in [0.25, 0.3) is 8.32 Å². The van der Waals surface area contributed by atoms with Crippen molar-refractivity contribution >= 4 is 25.2 Å². The van der Waals surface area contributed by atoms with Crippen LogP contribution in [0.15, 0.2) is 24.3 Å². The molecule has 0 amide bonds. The summed E-state index contributed by atoms with van der Waals surface area (Å²) < 4.78 is 6.41. The fourth-order valence-electron chi connectivity index (χ4n) is 2.15. The van der Waals surface area contributed by atoms with E-state index in [9.17, 15) is 4.79 Å². The average molecular weight is 319 g/mol. The second-order valence-electron chi connectivity index (χ2n) is 7.23. The second kappa shape index (κ2) is 5.80. The quantitative estimate of drug-likeness (QED) is 0.794. The molecule has 120 valence electrons. The van der Waals surface area contributed by atoms with E-state index >= 15 is 0 Å². The predicted molar refractivity (Wildman–Crippen MR) is 92.1 cm³/mol. The summed E-state index contributed by atoms with van der Waals surface area (Å²) in [4.78, 5) is 14.3. The molecule has 5 heteroatoms. The molecule has 0 saturated carbocycles. The lowest BCUT2D eigenvalue weighted by molar-refractivity contribution is -0.136. The normalized spacial score (nSPS) is 12.6. The highest BCUT2D eigenvalue weighted by Crippen LogP contribution is 2.39. The largest absolute Gasteiger partial charge is 0.532 e. The van der Waals surface area contributed by atoms with Gasteiger partial charge in [0.05, 0.1) is 0 Å². The Labute approximate surface area is 132 Å². The maximum absolute atomic E-state index is 10.9. The Bertz CT molecular complexity index is 683. The zero-order chi connectivity index (χ0) is 16.5. The van der Waals surface area contributed by atoms with Gasteiger partial charge in [-0.1, -0.05) is 39.0 Å². The summed E-state index contributed by atoms with van der Waals surface area (Å²) in [6.07, 6.45) is 0.582. The summed E-state index contributed by atoms with van der Waals surface area (Å²) in [5.41, 5.74) is 1.97. The SMILES string of the molecule is CC(C)(C)[Si](C)(C)Oc1[nH]c2ccccc2c1CCC(=O)O. The molecule has 4 nitrogen and oxygen atoms in total.